The number of halogens is 7. The van der Waals surface area contributed by atoms with E-state index in [4.69, 9.17) is 14.2 Å². The van der Waals surface area contributed by atoms with E-state index < -0.39 is 245 Å². The first-order chi connectivity index (χ1) is 67.4. The van der Waals surface area contributed by atoms with Gasteiger partial charge in [-0.3, -0.25) is 57.5 Å². The summed E-state index contributed by atoms with van der Waals surface area (Å²) in [4.78, 5) is 243. The summed E-state index contributed by atoms with van der Waals surface area (Å²) in [6.45, 7) is 52.3. The molecule has 36 nitrogen and oxygen atoms in total. The van der Waals surface area contributed by atoms with Crippen molar-refractivity contribution >= 4 is 107 Å². The number of hydrogen-bond donors (Lipinski definition) is 12. The van der Waals surface area contributed by atoms with E-state index in [1.807, 2.05) is 55.4 Å². The maximum atomic E-state index is 14.3. The topological polar surface area (TPSA) is 489 Å². The quantitative estimate of drug-likeness (QED) is 0.00950. The van der Waals surface area contributed by atoms with Gasteiger partial charge in [-0.1, -0.05) is 189 Å². The number of nitrogens with zero attached hydrogens (tertiary/aromatic N) is 3. The minimum Gasteiger partial charge on any atom is -0.464 e. The summed E-state index contributed by atoms with van der Waals surface area (Å²) in [6, 6.07) is -11.3. The van der Waals surface area contributed by atoms with Gasteiger partial charge in [0.2, 0.25) is 52.8 Å². The molecular formula is C103H154F7N15O21. The lowest BCUT2D eigenvalue weighted by Gasteiger charge is -2.38. The molecule has 3 heterocycles. The summed E-state index contributed by atoms with van der Waals surface area (Å²) in [5.74, 6) is -14.3. The van der Waals surface area contributed by atoms with Crippen LogP contribution in [0.3, 0.4) is 0 Å². The van der Waals surface area contributed by atoms with Crippen LogP contribution in [0.1, 0.15) is 229 Å². The average Bonchev–Trinajstić information content (AvgIpc) is 1.53. The van der Waals surface area contributed by atoms with Gasteiger partial charge < -0.3 is 92.7 Å². The number of nitrogens with one attached hydrogen (secondary N) is 12. The fourth-order valence-corrected chi connectivity index (χ4v) is 19.3. The van der Waals surface area contributed by atoms with Crippen molar-refractivity contribution in [3.63, 3.8) is 0 Å². The third kappa shape index (κ3) is 32.5. The zero-order valence-electron chi connectivity index (χ0n) is 88.3. The molecular weight excluding hydrogens is 1920 g/mol. The molecule has 12 N–H and O–H groups in total. The lowest BCUT2D eigenvalue weighted by Crippen LogP contribution is -2.62. The van der Waals surface area contributed by atoms with Crippen molar-refractivity contribution in [1.29, 1.82) is 0 Å². The van der Waals surface area contributed by atoms with Gasteiger partial charge >= 0.3 is 48.4 Å². The largest absolute Gasteiger partial charge is 0.464 e. The third-order valence-electron chi connectivity index (χ3n) is 28.9. The molecule has 9 rings (SSSR count). The number of fused-ring (bicyclic) bond motifs is 3. The van der Waals surface area contributed by atoms with E-state index in [9.17, 15) is 117 Å². The highest BCUT2D eigenvalue weighted by Gasteiger charge is 2.73. The molecule has 8 aliphatic rings. The Morgan fingerprint density at radius 3 is 0.979 bits per heavy atom. The fraction of sp³-hybridized carbons (Fsp3) is 0.709. The van der Waals surface area contributed by atoms with Gasteiger partial charge in [0.1, 0.15) is 72.9 Å². The number of ketones is 3. The van der Waals surface area contributed by atoms with Crippen LogP contribution in [0.5, 0.6) is 0 Å². The Morgan fingerprint density at radius 1 is 0.418 bits per heavy atom. The number of carbonyl (C=O) groups excluding carboxylic acids is 18. The van der Waals surface area contributed by atoms with Crippen LogP contribution < -0.4 is 63.8 Å². The number of Topliss-reactive ketones (excluding diaryl/α,β-unsaturated/α-hetero) is 3. The molecule has 1 aromatic carbocycles. The molecule has 5 saturated carbocycles. The Bertz CT molecular complexity index is 4960. The smallest absolute Gasteiger partial charge is 0.389 e. The number of carbonyl (C=O) groups is 18. The van der Waals surface area contributed by atoms with E-state index in [0.717, 1.165) is 25.7 Å². The number of rotatable bonds is 45. The van der Waals surface area contributed by atoms with Gasteiger partial charge in [0.15, 0.2) is 0 Å². The highest BCUT2D eigenvalue weighted by Crippen LogP contribution is 2.67. The van der Waals surface area contributed by atoms with Crippen molar-refractivity contribution < 1.29 is 131 Å². The first kappa shape index (κ1) is 121. The number of alkyl halides is 6. The van der Waals surface area contributed by atoms with Crippen molar-refractivity contribution in [3.8, 4) is 0 Å². The summed E-state index contributed by atoms with van der Waals surface area (Å²) in [5.41, 5.74) is -3.02. The highest BCUT2D eigenvalue weighted by molar-refractivity contribution is 6.39. The lowest BCUT2D eigenvalue weighted by atomic mass is 9.85. The number of amides is 15. The molecule has 146 heavy (non-hydrogen) atoms. The van der Waals surface area contributed by atoms with E-state index >= 15 is 0 Å². The Kier molecular flexibility index (Phi) is 41.1. The number of urea groups is 3. The van der Waals surface area contributed by atoms with Gasteiger partial charge in [0.25, 0.3) is 17.7 Å². The molecule has 0 bridgehead atoms. The van der Waals surface area contributed by atoms with Gasteiger partial charge in [0, 0.05) is 52.1 Å². The number of ether oxygens (including phenoxy) is 3. The lowest BCUT2D eigenvalue weighted by molar-refractivity contribution is -0.153. The normalized spacial score (nSPS) is 22.6. The highest BCUT2D eigenvalue weighted by atomic mass is 19.4. The van der Waals surface area contributed by atoms with Crippen molar-refractivity contribution in [2.24, 2.45) is 97.6 Å². The SMILES string of the molecule is C=CCNC(=O)C(=O)C(CCC(F)(F)F)NC(=O)[C@@H]1[C@@H]2[C@H](CN1C(=O)[C@@H](NC(=O)N[C@H](C(=O)OC(C)C1CC1)C(C)C)C(C)(C)C)C2(C)C.C=CCNC(=O)C(=O)C(CCC(F)(F)F)NC(=O)[C@@H]1[C@@H]2[C@H](CN1C(=O)[C@@H](NC(=O)N[C@H](C(=O)OCC1CC1)C(C)C)C(C)(C)C)C2(C)C.C=CCNC(=O)C(=O)C(CCC)NC(=O)[C@@H]1[C@@H]2[C@H](CN1C(=O)[C@@H](NC(=O)N[C@H](C(=O)OCc1ccc(F)cc1)C(C)C)C(C)(C)C)C2(C)C. The Labute approximate surface area is 850 Å². The molecule has 1 aromatic rings. The van der Waals surface area contributed by atoms with Gasteiger partial charge in [-0.15, -0.1) is 19.7 Å². The first-order valence-electron chi connectivity index (χ1n) is 50.2. The van der Waals surface area contributed by atoms with Crippen LogP contribution in [-0.2, 0) is 92.7 Å². The average molecular weight is 2070 g/mol. The van der Waals surface area contributed by atoms with Crippen molar-refractivity contribution in [2.75, 3.05) is 45.9 Å². The van der Waals surface area contributed by atoms with Crippen LogP contribution in [0.4, 0.5) is 45.1 Å². The molecule has 816 valence electrons. The summed E-state index contributed by atoms with van der Waals surface area (Å²) in [7, 11) is 0. The minimum absolute atomic E-state index is 0.0269. The summed E-state index contributed by atoms with van der Waals surface area (Å²) in [5, 5.41) is 30.3. The van der Waals surface area contributed by atoms with Crippen LogP contribution >= 0.6 is 0 Å². The second kappa shape index (κ2) is 49.5. The van der Waals surface area contributed by atoms with Crippen LogP contribution in [-0.4, -0.2) is 258 Å². The van der Waals surface area contributed by atoms with Gasteiger partial charge in [-0.2, -0.15) is 26.3 Å². The summed E-state index contributed by atoms with van der Waals surface area (Å²) in [6.07, 6.45) is -5.55. The maximum absolute atomic E-state index is 14.3. The second-order valence-electron chi connectivity index (χ2n) is 45.7. The van der Waals surface area contributed by atoms with E-state index in [2.05, 4.69) is 83.5 Å². The van der Waals surface area contributed by atoms with Gasteiger partial charge in [-0.25, -0.2) is 33.2 Å². The molecule has 8 fully saturated rings. The van der Waals surface area contributed by atoms with E-state index in [1.54, 1.807) is 104 Å². The van der Waals surface area contributed by atoms with Crippen LogP contribution in [0.25, 0.3) is 0 Å². The molecule has 5 aliphatic carbocycles. The maximum Gasteiger partial charge on any atom is 0.389 e. The van der Waals surface area contributed by atoms with Crippen molar-refractivity contribution in [1.82, 2.24) is 78.5 Å². The zero-order chi connectivity index (χ0) is 110. The molecule has 3 aliphatic heterocycles. The molecule has 3 saturated heterocycles. The molecule has 4 unspecified atom stereocenters. The molecule has 43 heteroatoms. The zero-order valence-corrected chi connectivity index (χ0v) is 88.3. The summed E-state index contributed by atoms with van der Waals surface area (Å²) < 4.78 is 109. The Balaban J connectivity index is 0.000000297. The molecule has 0 aromatic heterocycles. The van der Waals surface area contributed by atoms with E-state index in [1.165, 1.54) is 57.2 Å². The number of esters is 3. The molecule has 15 amide bonds. The van der Waals surface area contributed by atoms with Crippen molar-refractivity contribution in [3.05, 3.63) is 73.6 Å². The number of benzene rings is 1. The van der Waals surface area contributed by atoms with Crippen LogP contribution in [0.2, 0.25) is 0 Å². The first-order valence-corrected chi connectivity index (χ1v) is 50.2. The molecule has 0 spiro atoms. The van der Waals surface area contributed by atoms with E-state index in [-0.39, 0.29) is 129 Å². The number of hydrogen-bond acceptors (Lipinski definition) is 21. The minimum atomic E-state index is -4.66. The van der Waals surface area contributed by atoms with Crippen LogP contribution in [0.15, 0.2) is 62.2 Å². The number of piperidine rings is 3. The standard InChI is InChI=1S/C36H52FN5O7.C34H52F3N5O7.C33H50F3N5O7/c1-10-12-24(28(43)31(45)38-17-11-2)39-30(44)27-25-23(36(25,8)9)18-42(27)32(46)29(35(5,6)7)41-34(48)40-26(20(3)4)33(47)49-19-21-13-15-22(37)16-14-21;1-10-15-38-28(45)25(43)21(13-14-34(35,36)37)39-27(44)24-22-20(33(22,8)9)16-42(24)29(46)26(32(5,6)7)41-31(48)40-23(17(2)3)30(47)49-18(4)19-11-12-19;1-9-14-37-27(44)24(42)20(12-13-33(34,35)36)38-26(43)23-21-19(32(21,7)8)15-41(23)28(45)25(31(4,5)6)40-30(47)39-22(17(2)3)29(46)48-16-18-10-11-18/h11,13-16,20,23-27,29H,2,10,12,17-19H2,1,3-9H3,(H,38,45)(H,39,44)(H2,40,41,48);10,17-24,26H,1,11-16H2,2-9H3,(H,38,45)(H,39,44)(H2,40,41,48);9,17-23,25H,1,10-16H2,2-8H3,(H,37,44)(H,38,43)(H2,39,40,47)/t23-,24?,25-,26-,27-,29+;18?,20-,21?,22-,23-,24-,26+;19-,20?,21-,22-,23-,25+/m000/s1. The Hall–Kier alpha value is -11.6. The molecule has 0 radical (unpaired) electrons. The fourth-order valence-electron chi connectivity index (χ4n) is 19.3. The second-order valence-corrected chi connectivity index (χ2v) is 45.7. The molecule has 19 atom stereocenters. The van der Waals surface area contributed by atoms with Gasteiger partial charge in [0.05, 0.1) is 24.7 Å². The third-order valence-corrected chi connectivity index (χ3v) is 28.9. The Morgan fingerprint density at radius 2 is 0.712 bits per heavy atom. The monoisotopic (exact) mass is 2070 g/mol. The van der Waals surface area contributed by atoms with Gasteiger partial charge in [-0.05, 0) is 167 Å². The van der Waals surface area contributed by atoms with E-state index in [0.29, 0.717) is 23.8 Å². The predicted molar refractivity (Wildman–Crippen MR) is 523 cm³/mol. The number of likely N-dealkylation sites (tertiary alicyclic amines) is 3. The van der Waals surface area contributed by atoms with Crippen molar-refractivity contribution in [2.45, 2.75) is 321 Å². The predicted octanol–water partition coefficient (Wildman–Crippen LogP) is 9.35. The summed E-state index contributed by atoms with van der Waals surface area (Å²) >= 11 is 0. The van der Waals surface area contributed by atoms with Crippen LogP contribution in [0, 0.1) is 103 Å².